The predicted octanol–water partition coefficient (Wildman–Crippen LogP) is 2.80. The number of nitrogens with zero attached hydrogens (tertiary/aromatic N) is 2. The van der Waals surface area contributed by atoms with Crippen molar-refractivity contribution in [2.45, 2.75) is 23.9 Å². The molecule has 2 heterocycles. The number of hydrogen-bond donors (Lipinski definition) is 1. The average Bonchev–Trinajstić information content (AvgIpc) is 3.02. The van der Waals surface area contributed by atoms with Crippen molar-refractivity contribution < 1.29 is 4.79 Å². The number of amides is 1. The lowest BCUT2D eigenvalue weighted by molar-refractivity contribution is -0.117. The Bertz CT molecular complexity index is 903. The molecule has 3 rings (SSSR count). The van der Waals surface area contributed by atoms with Crippen LogP contribution < -0.4 is 11.3 Å². The second kappa shape index (κ2) is 6.55. The Morgan fingerprint density at radius 2 is 2.09 bits per heavy atom. The molecule has 7 heteroatoms. The summed E-state index contributed by atoms with van der Waals surface area (Å²) in [6.07, 6.45) is 0. The van der Waals surface area contributed by atoms with E-state index in [1.54, 1.807) is 4.57 Å². The summed E-state index contributed by atoms with van der Waals surface area (Å²) in [5.41, 5.74) is 6.94. The highest BCUT2D eigenvalue weighted by Crippen LogP contribution is 2.34. The zero-order valence-corrected chi connectivity index (χ0v) is 14.1. The molecule has 0 aliphatic heterocycles. The van der Waals surface area contributed by atoms with Crippen LogP contribution in [0.4, 0.5) is 0 Å². The van der Waals surface area contributed by atoms with Gasteiger partial charge in [-0.1, -0.05) is 42.1 Å². The Morgan fingerprint density at radius 3 is 2.74 bits per heavy atom. The third-order valence-electron chi connectivity index (χ3n) is 3.43. The van der Waals surface area contributed by atoms with Gasteiger partial charge < -0.3 is 5.73 Å². The van der Waals surface area contributed by atoms with Crippen molar-refractivity contribution in [2.24, 2.45) is 5.73 Å². The third kappa shape index (κ3) is 3.02. The lowest BCUT2D eigenvalue weighted by Crippen LogP contribution is -2.24. The summed E-state index contributed by atoms with van der Waals surface area (Å²) in [6.45, 7) is 2.37. The molecule has 0 bridgehead atoms. The number of benzene rings is 1. The van der Waals surface area contributed by atoms with Gasteiger partial charge in [0.2, 0.25) is 5.91 Å². The van der Waals surface area contributed by atoms with E-state index in [-0.39, 0.29) is 5.56 Å². The average molecular weight is 345 g/mol. The quantitative estimate of drug-likeness (QED) is 0.570. The van der Waals surface area contributed by atoms with Gasteiger partial charge in [-0.05, 0) is 23.9 Å². The van der Waals surface area contributed by atoms with Crippen LogP contribution in [0.3, 0.4) is 0 Å². The number of thiophene rings is 1. The van der Waals surface area contributed by atoms with Crippen molar-refractivity contribution in [2.75, 3.05) is 0 Å². The number of thioether (sulfide) groups is 1. The predicted molar refractivity (Wildman–Crippen MR) is 93.8 cm³/mol. The molecule has 0 aliphatic carbocycles. The minimum atomic E-state index is -0.586. The van der Waals surface area contributed by atoms with Gasteiger partial charge in [0.05, 0.1) is 5.52 Å². The summed E-state index contributed by atoms with van der Waals surface area (Å²) in [6, 6.07) is 11.1. The van der Waals surface area contributed by atoms with Crippen LogP contribution in [0.5, 0.6) is 0 Å². The molecule has 2 aromatic heterocycles. The molecule has 0 radical (unpaired) electrons. The first-order valence-corrected chi connectivity index (χ1v) is 8.86. The maximum atomic E-state index is 12.5. The van der Waals surface area contributed by atoms with Gasteiger partial charge in [0.25, 0.3) is 5.56 Å². The highest BCUT2D eigenvalue weighted by Gasteiger charge is 2.22. The van der Waals surface area contributed by atoms with E-state index in [9.17, 15) is 9.59 Å². The summed E-state index contributed by atoms with van der Waals surface area (Å²) in [7, 11) is 0. The molecule has 0 aliphatic rings. The normalized spacial score (nSPS) is 12.4. The molecular weight excluding hydrogens is 330 g/mol. The first-order valence-electron chi connectivity index (χ1n) is 7.10. The molecule has 0 spiro atoms. The second-order valence-electron chi connectivity index (χ2n) is 4.89. The Labute approximate surface area is 141 Å². The lowest BCUT2D eigenvalue weighted by atomic mass is 10.1. The molecule has 2 N–H and O–H groups in total. The minimum Gasteiger partial charge on any atom is -0.368 e. The molecule has 118 valence electrons. The maximum Gasteiger partial charge on any atom is 0.272 e. The van der Waals surface area contributed by atoms with Crippen LogP contribution in [0, 0.1) is 0 Å². The van der Waals surface area contributed by atoms with E-state index >= 15 is 0 Å². The van der Waals surface area contributed by atoms with Crippen molar-refractivity contribution in [1.82, 2.24) is 9.55 Å². The fraction of sp³-hybridized carbons (Fsp3) is 0.188. The molecule has 23 heavy (non-hydrogen) atoms. The van der Waals surface area contributed by atoms with E-state index in [1.807, 2.05) is 48.7 Å². The summed E-state index contributed by atoms with van der Waals surface area (Å²) in [4.78, 5) is 29.0. The van der Waals surface area contributed by atoms with Crippen molar-refractivity contribution >= 4 is 39.2 Å². The smallest absolute Gasteiger partial charge is 0.272 e. The van der Waals surface area contributed by atoms with Crippen LogP contribution in [-0.2, 0) is 11.3 Å². The van der Waals surface area contributed by atoms with Crippen LogP contribution >= 0.6 is 23.1 Å². The molecular formula is C16H15N3O2S2. The summed E-state index contributed by atoms with van der Waals surface area (Å²) >= 11 is 2.59. The van der Waals surface area contributed by atoms with E-state index in [2.05, 4.69) is 4.98 Å². The molecule has 3 aromatic rings. The van der Waals surface area contributed by atoms with Crippen LogP contribution in [0.1, 0.15) is 17.7 Å². The van der Waals surface area contributed by atoms with Gasteiger partial charge in [0, 0.05) is 6.54 Å². The molecule has 0 unspecified atom stereocenters. The summed E-state index contributed by atoms with van der Waals surface area (Å²) < 4.78 is 2.22. The topological polar surface area (TPSA) is 78.0 Å². The highest BCUT2D eigenvalue weighted by atomic mass is 32.2. The number of nitrogens with two attached hydrogens (primary N) is 1. The number of carbonyl (C=O) groups excluding carboxylic acids is 1. The van der Waals surface area contributed by atoms with E-state index in [0.29, 0.717) is 21.9 Å². The number of primary amides is 1. The van der Waals surface area contributed by atoms with E-state index in [4.69, 9.17) is 5.73 Å². The van der Waals surface area contributed by atoms with E-state index in [0.717, 1.165) is 5.56 Å². The number of fused-ring (bicyclic) bond motifs is 1. The Balaban J connectivity index is 2.08. The van der Waals surface area contributed by atoms with Crippen molar-refractivity contribution in [1.29, 1.82) is 0 Å². The minimum absolute atomic E-state index is 0.0775. The third-order valence-corrected chi connectivity index (χ3v) is 5.59. The molecule has 5 nitrogen and oxygen atoms in total. The van der Waals surface area contributed by atoms with Crippen LogP contribution in [-0.4, -0.2) is 15.5 Å². The zero-order chi connectivity index (χ0) is 16.4. The standard InChI is InChI=1S/C16H15N3O2S2/c1-2-19-15(21)13-11(8-9-22-13)18-16(19)23-12(14(17)20)10-6-4-3-5-7-10/h3-9,12H,2H2,1H3,(H2,17,20)/t12-/m0/s1. The van der Waals surface area contributed by atoms with E-state index < -0.39 is 11.2 Å². The second-order valence-corrected chi connectivity index (χ2v) is 6.88. The number of hydrogen-bond acceptors (Lipinski definition) is 5. The van der Waals surface area contributed by atoms with E-state index in [1.165, 1.54) is 23.1 Å². The van der Waals surface area contributed by atoms with Gasteiger partial charge in [0.15, 0.2) is 5.16 Å². The molecule has 0 saturated heterocycles. The highest BCUT2D eigenvalue weighted by molar-refractivity contribution is 8.00. The molecule has 0 saturated carbocycles. The maximum absolute atomic E-state index is 12.5. The van der Waals surface area contributed by atoms with Crippen LogP contribution in [0.2, 0.25) is 0 Å². The first kappa shape index (κ1) is 15.8. The van der Waals surface area contributed by atoms with Crippen molar-refractivity contribution in [3.8, 4) is 0 Å². The zero-order valence-electron chi connectivity index (χ0n) is 12.4. The van der Waals surface area contributed by atoms with Crippen LogP contribution in [0.15, 0.2) is 51.7 Å². The van der Waals surface area contributed by atoms with Gasteiger partial charge in [-0.3, -0.25) is 14.2 Å². The monoisotopic (exact) mass is 345 g/mol. The summed E-state index contributed by atoms with van der Waals surface area (Å²) in [5.74, 6) is -0.455. The van der Waals surface area contributed by atoms with Gasteiger partial charge in [0.1, 0.15) is 9.95 Å². The van der Waals surface area contributed by atoms with Crippen molar-refractivity contribution in [3.63, 3.8) is 0 Å². The summed E-state index contributed by atoms with van der Waals surface area (Å²) in [5, 5.41) is 1.77. The largest absolute Gasteiger partial charge is 0.368 e. The number of carbonyl (C=O) groups is 1. The van der Waals surface area contributed by atoms with Crippen LogP contribution in [0.25, 0.3) is 10.2 Å². The Morgan fingerprint density at radius 1 is 1.35 bits per heavy atom. The van der Waals surface area contributed by atoms with Crippen molar-refractivity contribution in [3.05, 3.63) is 57.7 Å². The Hall–Kier alpha value is -2.12. The van der Waals surface area contributed by atoms with Gasteiger partial charge >= 0.3 is 0 Å². The fourth-order valence-electron chi connectivity index (χ4n) is 2.32. The first-order chi connectivity index (χ1) is 11.1. The number of aromatic nitrogens is 2. The van der Waals surface area contributed by atoms with Gasteiger partial charge in [-0.15, -0.1) is 11.3 Å². The van der Waals surface area contributed by atoms with Gasteiger partial charge in [-0.2, -0.15) is 0 Å². The van der Waals surface area contributed by atoms with Gasteiger partial charge in [-0.25, -0.2) is 4.98 Å². The molecule has 1 atom stereocenters. The number of rotatable bonds is 5. The lowest BCUT2D eigenvalue weighted by Gasteiger charge is -2.16. The molecule has 1 aromatic carbocycles. The molecule has 0 fully saturated rings. The molecule has 1 amide bonds. The SMILES string of the molecule is CCn1c(S[C@H](C(N)=O)c2ccccc2)nc2ccsc2c1=O. The fourth-order valence-corrected chi connectivity index (χ4v) is 4.20. The Kier molecular flexibility index (Phi) is 4.49.